The second-order valence-corrected chi connectivity index (χ2v) is 7.42. The molecule has 0 bridgehead atoms. The molecule has 0 aliphatic rings. The molecule has 2 aromatic carbocycles. The van der Waals surface area contributed by atoms with Gasteiger partial charge in [-0.25, -0.2) is 0 Å². The van der Waals surface area contributed by atoms with Crippen molar-refractivity contribution in [1.29, 1.82) is 0 Å². The summed E-state index contributed by atoms with van der Waals surface area (Å²) in [7, 11) is 0. The molecular weight excluding hydrogens is 424 g/mol. The van der Waals surface area contributed by atoms with E-state index in [1.165, 1.54) is 18.2 Å². The molecule has 0 spiro atoms. The van der Waals surface area contributed by atoms with Crippen molar-refractivity contribution in [2.24, 2.45) is 0 Å². The molecule has 1 amide bonds. The highest BCUT2D eigenvalue weighted by Gasteiger charge is 2.19. The topological polar surface area (TPSA) is 112 Å². The molecule has 0 aliphatic carbocycles. The Morgan fingerprint density at radius 1 is 1.09 bits per heavy atom. The molecule has 4 aromatic rings. The third-order valence-electron chi connectivity index (χ3n) is 5.11. The van der Waals surface area contributed by atoms with Crippen molar-refractivity contribution in [3.8, 4) is 5.75 Å². The summed E-state index contributed by atoms with van der Waals surface area (Å²) >= 11 is 0. The highest BCUT2D eigenvalue weighted by Crippen LogP contribution is 2.27. The highest BCUT2D eigenvalue weighted by atomic mass is 16.6. The van der Waals surface area contributed by atoms with Gasteiger partial charge < -0.3 is 14.5 Å². The number of carbonyl (C=O) groups excluding carboxylic acids is 1. The second-order valence-electron chi connectivity index (χ2n) is 7.42. The van der Waals surface area contributed by atoms with Crippen molar-refractivity contribution in [3.05, 3.63) is 105 Å². The predicted octanol–water partition coefficient (Wildman–Crippen LogP) is 4.88. The van der Waals surface area contributed by atoms with Crippen molar-refractivity contribution in [1.82, 2.24) is 9.78 Å². The molecule has 0 saturated heterocycles. The average Bonchev–Trinajstić information content (AvgIpc) is 3.39. The largest absolute Gasteiger partial charge is 0.479 e. The molecule has 0 aliphatic heterocycles. The summed E-state index contributed by atoms with van der Waals surface area (Å²) in [6.07, 6.45) is 0. The fraction of sp³-hybridized carbons (Fsp3) is 0.167. The number of rotatable bonds is 8. The zero-order valence-electron chi connectivity index (χ0n) is 18.1. The van der Waals surface area contributed by atoms with Crippen LogP contribution in [-0.2, 0) is 13.2 Å². The first-order valence-corrected chi connectivity index (χ1v) is 10.3. The monoisotopic (exact) mass is 446 g/mol. The van der Waals surface area contributed by atoms with E-state index < -0.39 is 10.8 Å². The SMILES string of the molecule is Cc1nn(Cc2ccccc2)c(C)c1NC(=O)c1ccc(COc2ccccc2[N+](=O)[O-])o1. The van der Waals surface area contributed by atoms with E-state index in [4.69, 9.17) is 9.15 Å². The van der Waals surface area contributed by atoms with Crippen LogP contribution >= 0.6 is 0 Å². The van der Waals surface area contributed by atoms with Crippen molar-refractivity contribution in [3.63, 3.8) is 0 Å². The minimum absolute atomic E-state index is 0.0504. The van der Waals surface area contributed by atoms with Crippen LogP contribution in [-0.4, -0.2) is 20.6 Å². The number of amides is 1. The van der Waals surface area contributed by atoms with Gasteiger partial charge in [0.15, 0.2) is 11.5 Å². The maximum atomic E-state index is 12.7. The van der Waals surface area contributed by atoms with E-state index in [9.17, 15) is 14.9 Å². The van der Waals surface area contributed by atoms with E-state index in [1.807, 2.05) is 48.9 Å². The van der Waals surface area contributed by atoms with Crippen LogP contribution in [0.2, 0.25) is 0 Å². The van der Waals surface area contributed by atoms with E-state index in [1.54, 1.807) is 18.2 Å². The van der Waals surface area contributed by atoms with Crippen LogP contribution < -0.4 is 10.1 Å². The second kappa shape index (κ2) is 9.39. The third kappa shape index (κ3) is 4.93. The van der Waals surface area contributed by atoms with Gasteiger partial charge in [0.05, 0.1) is 28.5 Å². The first-order chi connectivity index (χ1) is 15.9. The minimum Gasteiger partial charge on any atom is -0.479 e. The molecule has 0 atom stereocenters. The van der Waals surface area contributed by atoms with Crippen LogP contribution in [0.1, 0.15) is 33.3 Å². The summed E-state index contributed by atoms with van der Waals surface area (Å²) in [5.74, 6) is 0.177. The molecule has 4 rings (SSSR count). The zero-order valence-corrected chi connectivity index (χ0v) is 18.1. The molecule has 2 aromatic heterocycles. The van der Waals surface area contributed by atoms with Crippen molar-refractivity contribution in [2.45, 2.75) is 27.0 Å². The Morgan fingerprint density at radius 2 is 1.82 bits per heavy atom. The summed E-state index contributed by atoms with van der Waals surface area (Å²) in [6.45, 7) is 4.27. The van der Waals surface area contributed by atoms with Gasteiger partial charge in [-0.1, -0.05) is 42.5 Å². The first-order valence-electron chi connectivity index (χ1n) is 10.3. The number of aromatic nitrogens is 2. The number of aryl methyl sites for hydroxylation is 1. The van der Waals surface area contributed by atoms with Crippen molar-refractivity contribution >= 4 is 17.3 Å². The van der Waals surface area contributed by atoms with Crippen LogP contribution in [0.25, 0.3) is 0 Å². The van der Waals surface area contributed by atoms with Gasteiger partial charge in [0, 0.05) is 6.07 Å². The summed E-state index contributed by atoms with van der Waals surface area (Å²) in [4.78, 5) is 23.3. The Balaban J connectivity index is 1.43. The Morgan fingerprint density at radius 3 is 2.58 bits per heavy atom. The number of nitro benzene ring substituents is 1. The molecule has 1 N–H and O–H groups in total. The van der Waals surface area contributed by atoms with Gasteiger partial charge >= 0.3 is 5.69 Å². The van der Waals surface area contributed by atoms with E-state index in [0.717, 1.165) is 11.3 Å². The molecule has 0 unspecified atom stereocenters. The lowest BCUT2D eigenvalue weighted by atomic mass is 10.2. The fourth-order valence-electron chi connectivity index (χ4n) is 3.42. The number of furan rings is 1. The van der Waals surface area contributed by atoms with Crippen LogP contribution in [0, 0.1) is 24.0 Å². The number of benzene rings is 2. The lowest BCUT2D eigenvalue weighted by molar-refractivity contribution is -0.386. The molecule has 168 valence electrons. The van der Waals surface area contributed by atoms with Crippen molar-refractivity contribution < 1.29 is 18.9 Å². The molecule has 9 heteroatoms. The Kier molecular flexibility index (Phi) is 6.21. The summed E-state index contributed by atoms with van der Waals surface area (Å²) in [6, 6.07) is 19.1. The van der Waals surface area contributed by atoms with Gasteiger partial charge in [-0.2, -0.15) is 5.10 Å². The maximum Gasteiger partial charge on any atom is 0.310 e. The smallest absolute Gasteiger partial charge is 0.310 e. The number of anilines is 1. The lowest BCUT2D eigenvalue weighted by Crippen LogP contribution is -2.12. The van der Waals surface area contributed by atoms with E-state index >= 15 is 0 Å². The van der Waals surface area contributed by atoms with E-state index in [2.05, 4.69) is 10.4 Å². The molecule has 0 fully saturated rings. The van der Waals surface area contributed by atoms with Crippen molar-refractivity contribution in [2.75, 3.05) is 5.32 Å². The van der Waals surface area contributed by atoms with Gasteiger partial charge in [0.2, 0.25) is 0 Å². The number of hydrogen-bond acceptors (Lipinski definition) is 6. The van der Waals surface area contributed by atoms with E-state index in [-0.39, 0.29) is 23.8 Å². The van der Waals surface area contributed by atoms with Gasteiger partial charge in [-0.15, -0.1) is 0 Å². The summed E-state index contributed by atoms with van der Waals surface area (Å²) < 4.78 is 12.9. The number of para-hydroxylation sites is 2. The Bertz CT molecular complexity index is 1290. The highest BCUT2D eigenvalue weighted by molar-refractivity contribution is 6.02. The van der Waals surface area contributed by atoms with E-state index in [0.29, 0.717) is 23.7 Å². The number of hydrogen-bond donors (Lipinski definition) is 1. The molecule has 0 saturated carbocycles. The quantitative estimate of drug-likeness (QED) is 0.305. The van der Waals surface area contributed by atoms with Gasteiger partial charge in [-0.3, -0.25) is 19.6 Å². The maximum absolute atomic E-state index is 12.7. The minimum atomic E-state index is -0.515. The zero-order chi connectivity index (χ0) is 23.4. The Hall–Kier alpha value is -4.40. The number of nitro groups is 1. The molecule has 2 heterocycles. The third-order valence-corrected chi connectivity index (χ3v) is 5.11. The normalized spacial score (nSPS) is 10.7. The number of nitrogens with zero attached hydrogens (tertiary/aromatic N) is 3. The predicted molar refractivity (Wildman–Crippen MR) is 121 cm³/mol. The van der Waals surface area contributed by atoms with Crippen LogP contribution in [0.3, 0.4) is 0 Å². The molecule has 33 heavy (non-hydrogen) atoms. The van der Waals surface area contributed by atoms with Crippen LogP contribution in [0.15, 0.2) is 71.1 Å². The fourth-order valence-corrected chi connectivity index (χ4v) is 3.42. The average molecular weight is 446 g/mol. The van der Waals surface area contributed by atoms with Crippen LogP contribution in [0.5, 0.6) is 5.75 Å². The number of ether oxygens (including phenoxy) is 1. The summed E-state index contributed by atoms with van der Waals surface area (Å²) in [5, 5.41) is 18.5. The van der Waals surface area contributed by atoms with Gasteiger partial charge in [0.25, 0.3) is 5.91 Å². The lowest BCUT2D eigenvalue weighted by Gasteiger charge is -2.07. The standard InChI is InChI=1S/C24H22N4O5/c1-16-23(17(2)27(26-16)14-18-8-4-3-5-9-18)25-24(29)22-13-12-19(33-22)15-32-21-11-7-6-10-20(21)28(30)31/h3-13H,14-15H2,1-2H3,(H,25,29). The number of carbonyl (C=O) groups is 1. The van der Waals surface area contributed by atoms with Gasteiger partial charge in [0.1, 0.15) is 12.4 Å². The Labute approximate surface area is 189 Å². The van der Waals surface area contributed by atoms with Crippen LogP contribution in [0.4, 0.5) is 11.4 Å². The molecule has 0 radical (unpaired) electrons. The summed E-state index contributed by atoms with van der Waals surface area (Å²) in [5.41, 5.74) is 3.13. The van der Waals surface area contributed by atoms with Gasteiger partial charge in [-0.05, 0) is 37.6 Å². The molecular formula is C24H22N4O5. The number of nitrogens with one attached hydrogen (secondary N) is 1. The molecule has 9 nitrogen and oxygen atoms in total. The first kappa shape index (κ1) is 21.8.